The Morgan fingerprint density at radius 2 is 1.61 bits per heavy atom. The van der Waals surface area contributed by atoms with Crippen LogP contribution in [0.5, 0.6) is 0 Å². The molecule has 1 saturated heterocycles. The van der Waals surface area contributed by atoms with Gasteiger partial charge in [-0.3, -0.25) is 14.4 Å². The molecule has 0 bridgehead atoms. The molecule has 3 aromatic carbocycles. The number of carbonyl (C=O) groups excluding carboxylic acids is 3. The van der Waals surface area contributed by atoms with E-state index in [9.17, 15) is 14.4 Å². The van der Waals surface area contributed by atoms with Crippen LogP contribution in [0.2, 0.25) is 0 Å². The second kappa shape index (κ2) is 8.20. The zero-order chi connectivity index (χ0) is 23.1. The summed E-state index contributed by atoms with van der Waals surface area (Å²) in [4.78, 5) is 42.6. The van der Waals surface area contributed by atoms with Crippen molar-refractivity contribution in [2.45, 2.75) is 26.7 Å². The summed E-state index contributed by atoms with van der Waals surface area (Å²) in [5.74, 6) is -1.09. The summed E-state index contributed by atoms with van der Waals surface area (Å²) >= 11 is 0. The molecular formula is C27H25N3O3. The van der Waals surface area contributed by atoms with E-state index in [1.165, 1.54) is 23.8 Å². The Labute approximate surface area is 192 Å². The highest BCUT2D eigenvalue weighted by molar-refractivity contribution is 6.35. The third-order valence-corrected chi connectivity index (χ3v) is 6.33. The lowest BCUT2D eigenvalue weighted by molar-refractivity contribution is 0.0925. The van der Waals surface area contributed by atoms with E-state index in [4.69, 9.17) is 0 Å². The molecule has 33 heavy (non-hydrogen) atoms. The Balaban J connectivity index is 1.40. The molecular weight excluding hydrogens is 414 g/mol. The lowest BCUT2D eigenvalue weighted by atomic mass is 10.1. The summed E-state index contributed by atoms with van der Waals surface area (Å²) in [6.45, 7) is 5.83. The number of anilines is 3. The summed E-state index contributed by atoms with van der Waals surface area (Å²) in [6, 6.07) is 18.1. The summed E-state index contributed by atoms with van der Waals surface area (Å²) in [6.07, 6.45) is 2.36. The van der Waals surface area contributed by atoms with Crippen molar-refractivity contribution in [3.05, 3.63) is 88.5 Å². The molecule has 0 aliphatic carbocycles. The SMILES string of the molecule is Cc1ccc(C)c(N2C(=O)c3ccc(C(=O)Nc4cccc(N5CCCC5)c4)cc3C2=O)c1. The van der Waals surface area contributed by atoms with E-state index in [0.717, 1.165) is 29.9 Å². The van der Waals surface area contributed by atoms with Crippen LogP contribution >= 0.6 is 0 Å². The minimum atomic E-state index is -0.408. The molecule has 2 heterocycles. The monoisotopic (exact) mass is 439 g/mol. The van der Waals surface area contributed by atoms with Crippen LogP contribution in [0.4, 0.5) is 17.1 Å². The maximum atomic E-state index is 13.2. The quantitative estimate of drug-likeness (QED) is 0.584. The van der Waals surface area contributed by atoms with Crippen molar-refractivity contribution < 1.29 is 14.4 Å². The Morgan fingerprint density at radius 1 is 0.848 bits per heavy atom. The standard InChI is InChI=1S/C27H25N3O3/c1-17-8-9-18(2)24(14-17)30-26(32)22-11-10-19(15-23(22)27(30)33)25(31)28-20-6-5-7-21(16-20)29-12-3-4-13-29/h5-11,14-16H,3-4,12-13H2,1-2H3,(H,28,31). The fraction of sp³-hybridized carbons (Fsp3) is 0.222. The number of rotatable bonds is 4. The van der Waals surface area contributed by atoms with Crippen molar-refractivity contribution in [3.63, 3.8) is 0 Å². The maximum absolute atomic E-state index is 13.2. The molecule has 0 aromatic heterocycles. The Morgan fingerprint density at radius 3 is 2.39 bits per heavy atom. The van der Waals surface area contributed by atoms with Gasteiger partial charge in [-0.25, -0.2) is 4.90 Å². The Hall–Kier alpha value is -3.93. The molecule has 2 aliphatic heterocycles. The van der Waals surface area contributed by atoms with Gasteiger partial charge >= 0.3 is 0 Å². The molecule has 6 heteroatoms. The van der Waals surface area contributed by atoms with E-state index in [-0.39, 0.29) is 17.4 Å². The number of benzene rings is 3. The van der Waals surface area contributed by atoms with Crippen LogP contribution in [0.25, 0.3) is 0 Å². The number of nitrogens with zero attached hydrogens (tertiary/aromatic N) is 2. The van der Waals surface area contributed by atoms with Gasteiger partial charge in [-0.05, 0) is 80.3 Å². The Bertz CT molecular complexity index is 1290. The van der Waals surface area contributed by atoms with Crippen LogP contribution in [-0.4, -0.2) is 30.8 Å². The van der Waals surface area contributed by atoms with Crippen molar-refractivity contribution in [1.29, 1.82) is 0 Å². The van der Waals surface area contributed by atoms with Crippen LogP contribution in [0.3, 0.4) is 0 Å². The number of fused-ring (bicyclic) bond motifs is 1. The fourth-order valence-corrected chi connectivity index (χ4v) is 4.52. The van der Waals surface area contributed by atoms with Gasteiger partial charge in [0.05, 0.1) is 16.8 Å². The van der Waals surface area contributed by atoms with Crippen LogP contribution in [0, 0.1) is 13.8 Å². The average Bonchev–Trinajstić information content (AvgIpc) is 3.43. The largest absolute Gasteiger partial charge is 0.371 e. The van der Waals surface area contributed by atoms with Crippen molar-refractivity contribution in [1.82, 2.24) is 0 Å². The first-order valence-electron chi connectivity index (χ1n) is 11.2. The van der Waals surface area contributed by atoms with E-state index in [1.807, 2.05) is 56.3 Å². The molecule has 0 spiro atoms. The lowest BCUT2D eigenvalue weighted by Gasteiger charge is -2.18. The zero-order valence-electron chi connectivity index (χ0n) is 18.7. The van der Waals surface area contributed by atoms with Gasteiger partial charge in [-0.2, -0.15) is 0 Å². The highest BCUT2D eigenvalue weighted by Crippen LogP contribution is 2.32. The molecule has 3 amide bonds. The maximum Gasteiger partial charge on any atom is 0.266 e. The van der Waals surface area contributed by atoms with Crippen LogP contribution in [0.1, 0.15) is 55.0 Å². The van der Waals surface area contributed by atoms with Gasteiger partial charge in [0.15, 0.2) is 0 Å². The van der Waals surface area contributed by atoms with Gasteiger partial charge in [-0.1, -0.05) is 18.2 Å². The van der Waals surface area contributed by atoms with Crippen molar-refractivity contribution in [2.75, 3.05) is 28.2 Å². The minimum Gasteiger partial charge on any atom is -0.371 e. The summed E-state index contributed by atoms with van der Waals surface area (Å²) in [5, 5.41) is 2.92. The second-order valence-corrected chi connectivity index (χ2v) is 8.69. The minimum absolute atomic E-state index is 0.249. The first-order chi connectivity index (χ1) is 15.9. The van der Waals surface area contributed by atoms with Crippen LogP contribution < -0.4 is 15.1 Å². The number of nitrogens with one attached hydrogen (secondary N) is 1. The molecule has 166 valence electrons. The third kappa shape index (κ3) is 3.78. The molecule has 5 rings (SSSR count). The van der Waals surface area contributed by atoms with E-state index in [0.29, 0.717) is 22.5 Å². The summed E-state index contributed by atoms with van der Waals surface area (Å²) < 4.78 is 0. The zero-order valence-corrected chi connectivity index (χ0v) is 18.7. The van der Waals surface area contributed by atoms with E-state index < -0.39 is 5.91 Å². The number of aryl methyl sites for hydroxylation is 2. The summed E-state index contributed by atoms with van der Waals surface area (Å²) in [5.41, 5.74) is 5.06. The molecule has 0 atom stereocenters. The molecule has 3 aromatic rings. The predicted octanol–water partition coefficient (Wildman–Crippen LogP) is 4.96. The average molecular weight is 440 g/mol. The predicted molar refractivity (Wildman–Crippen MR) is 129 cm³/mol. The number of amides is 3. The van der Waals surface area contributed by atoms with Crippen molar-refractivity contribution in [3.8, 4) is 0 Å². The third-order valence-electron chi connectivity index (χ3n) is 6.33. The molecule has 0 unspecified atom stereocenters. The topological polar surface area (TPSA) is 69.7 Å². The number of carbonyl (C=O) groups is 3. The van der Waals surface area contributed by atoms with E-state index in [2.05, 4.69) is 10.2 Å². The lowest BCUT2D eigenvalue weighted by Crippen LogP contribution is -2.30. The first-order valence-corrected chi connectivity index (χ1v) is 11.2. The molecule has 6 nitrogen and oxygen atoms in total. The molecule has 1 N–H and O–H groups in total. The highest BCUT2D eigenvalue weighted by Gasteiger charge is 2.37. The number of hydrogen-bond acceptors (Lipinski definition) is 4. The van der Waals surface area contributed by atoms with Gasteiger partial charge in [0.25, 0.3) is 17.7 Å². The van der Waals surface area contributed by atoms with E-state index >= 15 is 0 Å². The smallest absolute Gasteiger partial charge is 0.266 e. The van der Waals surface area contributed by atoms with Gasteiger partial charge in [0, 0.05) is 30.0 Å². The van der Waals surface area contributed by atoms with Gasteiger partial charge in [-0.15, -0.1) is 0 Å². The number of imide groups is 1. The number of hydrogen-bond donors (Lipinski definition) is 1. The highest BCUT2D eigenvalue weighted by atomic mass is 16.2. The van der Waals surface area contributed by atoms with Crippen LogP contribution in [0.15, 0.2) is 60.7 Å². The van der Waals surface area contributed by atoms with Crippen LogP contribution in [-0.2, 0) is 0 Å². The summed E-state index contributed by atoms with van der Waals surface area (Å²) in [7, 11) is 0. The second-order valence-electron chi connectivity index (χ2n) is 8.69. The van der Waals surface area contributed by atoms with Crippen molar-refractivity contribution in [2.24, 2.45) is 0 Å². The van der Waals surface area contributed by atoms with Gasteiger partial charge in [0.2, 0.25) is 0 Å². The first kappa shape index (κ1) is 20.9. The molecule has 0 radical (unpaired) electrons. The Kier molecular flexibility index (Phi) is 5.21. The van der Waals surface area contributed by atoms with Gasteiger partial charge in [0.1, 0.15) is 0 Å². The van der Waals surface area contributed by atoms with Crippen molar-refractivity contribution >= 4 is 34.8 Å². The molecule has 2 aliphatic rings. The van der Waals surface area contributed by atoms with Gasteiger partial charge < -0.3 is 10.2 Å². The van der Waals surface area contributed by atoms with E-state index in [1.54, 1.807) is 12.1 Å². The normalized spacial score (nSPS) is 15.2. The fourth-order valence-electron chi connectivity index (χ4n) is 4.52. The molecule has 1 fully saturated rings. The molecule has 0 saturated carbocycles.